The highest BCUT2D eigenvalue weighted by molar-refractivity contribution is 7.13. The third kappa shape index (κ3) is 3.99. The number of benzene rings is 1. The van der Waals surface area contributed by atoms with Crippen molar-refractivity contribution in [2.75, 3.05) is 13.7 Å². The second-order valence-electron chi connectivity index (χ2n) is 6.29. The van der Waals surface area contributed by atoms with Gasteiger partial charge in [-0.05, 0) is 51.1 Å². The van der Waals surface area contributed by atoms with Crippen LogP contribution in [0.25, 0.3) is 10.6 Å². The Labute approximate surface area is 167 Å². The van der Waals surface area contributed by atoms with Gasteiger partial charge in [-0.1, -0.05) is 0 Å². The Bertz CT molecular complexity index is 1000. The summed E-state index contributed by atoms with van der Waals surface area (Å²) in [6.45, 7) is 6.36. The van der Waals surface area contributed by atoms with Crippen molar-refractivity contribution >= 4 is 23.1 Å². The molecule has 0 amide bonds. The normalized spacial score (nSPS) is 10.7. The van der Waals surface area contributed by atoms with Crippen molar-refractivity contribution in [2.24, 2.45) is 0 Å². The Morgan fingerprint density at radius 1 is 1.18 bits per heavy atom. The average molecular weight is 398 g/mol. The largest absolute Gasteiger partial charge is 0.497 e. The molecule has 3 rings (SSSR count). The van der Waals surface area contributed by atoms with Crippen LogP contribution in [0.2, 0.25) is 0 Å². The van der Waals surface area contributed by atoms with Crippen LogP contribution >= 0.6 is 11.3 Å². The summed E-state index contributed by atoms with van der Waals surface area (Å²) >= 11 is 1.34. The summed E-state index contributed by atoms with van der Waals surface area (Å²) in [6.07, 6.45) is 0. The van der Waals surface area contributed by atoms with Gasteiger partial charge in [-0.3, -0.25) is 4.79 Å². The molecule has 7 heteroatoms. The van der Waals surface area contributed by atoms with E-state index >= 15 is 0 Å². The van der Waals surface area contributed by atoms with Crippen LogP contribution in [-0.4, -0.2) is 35.0 Å². The molecule has 28 heavy (non-hydrogen) atoms. The zero-order chi connectivity index (χ0) is 20.3. The molecule has 0 atom stereocenters. The van der Waals surface area contributed by atoms with Gasteiger partial charge in [0.05, 0.1) is 7.11 Å². The van der Waals surface area contributed by atoms with Crippen molar-refractivity contribution in [3.8, 4) is 16.3 Å². The molecule has 0 aliphatic carbocycles. The molecular formula is C21H22N2O4S. The Morgan fingerprint density at radius 3 is 2.50 bits per heavy atom. The average Bonchev–Trinajstić information content (AvgIpc) is 3.30. The highest BCUT2D eigenvalue weighted by Gasteiger charge is 2.19. The number of hydrogen-bond donors (Lipinski definition) is 0. The summed E-state index contributed by atoms with van der Waals surface area (Å²) in [5.41, 5.74) is 3.56. The van der Waals surface area contributed by atoms with Gasteiger partial charge in [-0.15, -0.1) is 11.3 Å². The SMILES string of the molecule is CCn1c(C)cc(C(=O)COC(=O)c2csc(-c3ccc(OC)cc3)n2)c1C. The molecule has 0 fully saturated rings. The molecule has 0 aliphatic rings. The molecule has 2 heterocycles. The highest BCUT2D eigenvalue weighted by Crippen LogP contribution is 2.26. The van der Waals surface area contributed by atoms with Crippen molar-refractivity contribution < 1.29 is 19.1 Å². The Balaban J connectivity index is 1.65. The van der Waals surface area contributed by atoms with E-state index in [1.165, 1.54) is 11.3 Å². The number of nitrogens with zero attached hydrogens (tertiary/aromatic N) is 2. The van der Waals surface area contributed by atoms with Crippen LogP contribution < -0.4 is 4.74 Å². The zero-order valence-corrected chi connectivity index (χ0v) is 17.1. The third-order valence-corrected chi connectivity index (χ3v) is 5.47. The number of hydrogen-bond acceptors (Lipinski definition) is 6. The quantitative estimate of drug-likeness (QED) is 0.438. The molecule has 2 aromatic heterocycles. The van der Waals surface area contributed by atoms with Crippen molar-refractivity contribution in [1.29, 1.82) is 0 Å². The lowest BCUT2D eigenvalue weighted by Crippen LogP contribution is -2.15. The number of Topliss-reactive ketones (excluding diaryl/α,β-unsaturated/α-hetero) is 1. The number of ether oxygens (including phenoxy) is 2. The molecular weight excluding hydrogens is 376 g/mol. The molecule has 0 bridgehead atoms. The molecule has 0 radical (unpaired) electrons. The van der Waals surface area contributed by atoms with E-state index in [2.05, 4.69) is 9.55 Å². The lowest BCUT2D eigenvalue weighted by molar-refractivity contribution is 0.0469. The van der Waals surface area contributed by atoms with Gasteiger partial charge in [0.1, 0.15) is 10.8 Å². The standard InChI is InChI=1S/C21H22N2O4S/c1-5-23-13(2)10-17(14(23)3)19(24)11-27-21(25)18-12-28-20(22-18)15-6-8-16(26-4)9-7-15/h6-10,12H,5,11H2,1-4H3. The van der Waals surface area contributed by atoms with Crippen LogP contribution in [0.4, 0.5) is 0 Å². The van der Waals surface area contributed by atoms with Gasteiger partial charge in [0.25, 0.3) is 0 Å². The molecule has 0 unspecified atom stereocenters. The number of carbonyl (C=O) groups excluding carboxylic acids is 2. The number of rotatable bonds is 7. The van der Waals surface area contributed by atoms with Crippen molar-refractivity contribution in [2.45, 2.75) is 27.3 Å². The van der Waals surface area contributed by atoms with E-state index in [0.29, 0.717) is 10.6 Å². The van der Waals surface area contributed by atoms with Crippen LogP contribution in [0.5, 0.6) is 5.75 Å². The number of aryl methyl sites for hydroxylation is 1. The molecule has 146 valence electrons. The first-order chi connectivity index (χ1) is 13.4. The Morgan fingerprint density at radius 2 is 1.89 bits per heavy atom. The fourth-order valence-electron chi connectivity index (χ4n) is 3.09. The van der Waals surface area contributed by atoms with Crippen molar-refractivity contribution in [3.05, 3.63) is 58.4 Å². The van der Waals surface area contributed by atoms with Gasteiger partial charge < -0.3 is 14.0 Å². The van der Waals surface area contributed by atoms with E-state index in [1.54, 1.807) is 12.5 Å². The van der Waals surface area contributed by atoms with E-state index in [-0.39, 0.29) is 18.1 Å². The van der Waals surface area contributed by atoms with E-state index in [4.69, 9.17) is 9.47 Å². The number of aromatic nitrogens is 2. The highest BCUT2D eigenvalue weighted by atomic mass is 32.1. The van der Waals surface area contributed by atoms with Crippen molar-refractivity contribution in [3.63, 3.8) is 0 Å². The maximum Gasteiger partial charge on any atom is 0.358 e. The maximum absolute atomic E-state index is 12.4. The van der Waals surface area contributed by atoms with Gasteiger partial charge in [0.2, 0.25) is 5.78 Å². The lowest BCUT2D eigenvalue weighted by Gasteiger charge is -2.06. The van der Waals surface area contributed by atoms with Gasteiger partial charge in [-0.25, -0.2) is 9.78 Å². The first-order valence-corrected chi connectivity index (χ1v) is 9.79. The summed E-state index contributed by atoms with van der Waals surface area (Å²) < 4.78 is 12.4. The van der Waals surface area contributed by atoms with E-state index in [0.717, 1.165) is 29.2 Å². The van der Waals surface area contributed by atoms with Gasteiger partial charge in [0.15, 0.2) is 12.3 Å². The smallest absolute Gasteiger partial charge is 0.358 e. The van der Waals surface area contributed by atoms with Gasteiger partial charge in [-0.2, -0.15) is 0 Å². The van der Waals surface area contributed by atoms with Crippen LogP contribution in [0.3, 0.4) is 0 Å². The summed E-state index contributed by atoms with van der Waals surface area (Å²) in [6, 6.07) is 9.25. The summed E-state index contributed by atoms with van der Waals surface area (Å²) in [7, 11) is 1.60. The minimum absolute atomic E-state index is 0.197. The minimum Gasteiger partial charge on any atom is -0.497 e. The third-order valence-electron chi connectivity index (χ3n) is 4.57. The van der Waals surface area contributed by atoms with Gasteiger partial charge in [0, 0.05) is 34.4 Å². The van der Waals surface area contributed by atoms with Crippen LogP contribution in [0.15, 0.2) is 35.7 Å². The lowest BCUT2D eigenvalue weighted by atomic mass is 10.1. The molecule has 0 saturated heterocycles. The monoisotopic (exact) mass is 398 g/mol. The van der Waals surface area contributed by atoms with Gasteiger partial charge >= 0.3 is 5.97 Å². The Kier molecular flexibility index (Phi) is 5.94. The van der Waals surface area contributed by atoms with Crippen LogP contribution in [-0.2, 0) is 11.3 Å². The number of esters is 1. The van der Waals surface area contributed by atoms with Crippen molar-refractivity contribution in [1.82, 2.24) is 9.55 Å². The fraction of sp³-hybridized carbons (Fsp3) is 0.286. The Hall–Kier alpha value is -2.93. The first-order valence-electron chi connectivity index (χ1n) is 8.91. The summed E-state index contributed by atoms with van der Waals surface area (Å²) in [5.74, 6) is -0.0682. The van der Waals surface area contributed by atoms with Crippen LogP contribution in [0.1, 0.15) is 39.2 Å². The number of methoxy groups -OCH3 is 1. The number of thiazole rings is 1. The fourth-order valence-corrected chi connectivity index (χ4v) is 3.88. The first kappa shape index (κ1) is 19.8. The predicted molar refractivity (Wildman–Crippen MR) is 108 cm³/mol. The summed E-state index contributed by atoms with van der Waals surface area (Å²) in [4.78, 5) is 29.1. The molecule has 0 aliphatic heterocycles. The predicted octanol–water partition coefficient (Wildman–Crippen LogP) is 4.30. The molecule has 3 aromatic rings. The molecule has 0 saturated carbocycles. The van der Waals surface area contributed by atoms with E-state index in [9.17, 15) is 9.59 Å². The maximum atomic E-state index is 12.4. The number of ketones is 1. The molecule has 1 aromatic carbocycles. The minimum atomic E-state index is -0.603. The topological polar surface area (TPSA) is 70.4 Å². The zero-order valence-electron chi connectivity index (χ0n) is 16.3. The van der Waals surface area contributed by atoms with Crippen LogP contribution in [0, 0.1) is 13.8 Å². The second-order valence-corrected chi connectivity index (χ2v) is 7.15. The second kappa shape index (κ2) is 8.39. The molecule has 6 nitrogen and oxygen atoms in total. The molecule has 0 N–H and O–H groups in total. The van der Waals surface area contributed by atoms with E-state index in [1.807, 2.05) is 51.1 Å². The molecule has 0 spiro atoms. The number of carbonyl (C=O) groups is 2. The summed E-state index contributed by atoms with van der Waals surface area (Å²) in [5, 5.41) is 2.34. The van der Waals surface area contributed by atoms with E-state index < -0.39 is 5.97 Å².